The second kappa shape index (κ2) is 8.82. The third kappa shape index (κ3) is 4.39. The van der Waals surface area contributed by atoms with E-state index in [9.17, 15) is 0 Å². The minimum Gasteiger partial charge on any atom is -0.371 e. The fourth-order valence-corrected chi connectivity index (χ4v) is 5.47. The topological polar surface area (TPSA) is 73.0 Å². The average molecular weight is 466 g/mol. The van der Waals surface area contributed by atoms with Gasteiger partial charge in [-0.3, -0.25) is 4.90 Å². The molecule has 4 heterocycles. The number of piperidine rings is 1. The summed E-state index contributed by atoms with van der Waals surface area (Å²) in [5, 5.41) is 3.39. The number of nitrogens with one attached hydrogen (secondary N) is 2. The van der Waals surface area contributed by atoms with Gasteiger partial charge in [0, 0.05) is 55.4 Å². The Morgan fingerprint density at radius 3 is 2.63 bits per heavy atom. The Morgan fingerprint density at radius 1 is 1.03 bits per heavy atom. The minimum absolute atomic E-state index is 0.555. The SMILES string of the molecule is C=C(c1ccc2nc[nH]c2c1)N1CCC(N2Cc3cnc(Nc4cc(C)cc(C)c4)nc3C2)CC1. The van der Waals surface area contributed by atoms with Crippen molar-refractivity contribution in [1.82, 2.24) is 29.7 Å². The van der Waals surface area contributed by atoms with Crippen LogP contribution in [0.1, 0.15) is 40.8 Å². The molecule has 6 rings (SSSR count). The van der Waals surface area contributed by atoms with Crippen molar-refractivity contribution in [2.75, 3.05) is 18.4 Å². The van der Waals surface area contributed by atoms with Crippen LogP contribution in [-0.4, -0.2) is 48.9 Å². The summed E-state index contributed by atoms with van der Waals surface area (Å²) in [7, 11) is 0. The van der Waals surface area contributed by atoms with Crippen LogP contribution >= 0.6 is 0 Å². The van der Waals surface area contributed by atoms with Crippen molar-refractivity contribution >= 4 is 28.4 Å². The molecule has 178 valence electrons. The van der Waals surface area contributed by atoms with Crippen molar-refractivity contribution in [3.8, 4) is 0 Å². The molecule has 0 atom stereocenters. The van der Waals surface area contributed by atoms with Gasteiger partial charge in [-0.2, -0.15) is 0 Å². The Bertz CT molecular complexity index is 1380. The van der Waals surface area contributed by atoms with E-state index in [1.807, 2.05) is 6.20 Å². The number of anilines is 2. The largest absolute Gasteiger partial charge is 0.371 e. The number of likely N-dealkylation sites (tertiary alicyclic amines) is 1. The first kappa shape index (κ1) is 21.8. The molecule has 0 radical (unpaired) electrons. The number of imidazole rings is 1. The third-order valence-electron chi connectivity index (χ3n) is 7.27. The van der Waals surface area contributed by atoms with Crippen LogP contribution in [0.5, 0.6) is 0 Å². The van der Waals surface area contributed by atoms with Gasteiger partial charge in [0.25, 0.3) is 0 Å². The van der Waals surface area contributed by atoms with Crippen molar-refractivity contribution in [3.05, 3.63) is 83.4 Å². The van der Waals surface area contributed by atoms with Gasteiger partial charge in [0.2, 0.25) is 5.95 Å². The first-order valence-electron chi connectivity index (χ1n) is 12.3. The smallest absolute Gasteiger partial charge is 0.227 e. The fraction of sp³-hybridized carbons (Fsp3) is 0.321. The standard InChI is InChI=1S/C28H31N7/c1-18-10-19(2)12-23(11-18)32-28-29-14-22-15-35(16-27(22)33-28)24-6-8-34(9-7-24)20(3)21-4-5-25-26(13-21)31-17-30-25/h4-5,10-14,17,24H,3,6-9,15-16H2,1-2H3,(H,30,31)(H,29,32,33). The highest BCUT2D eigenvalue weighted by Crippen LogP contribution is 2.31. The van der Waals surface area contributed by atoms with Crippen LogP contribution < -0.4 is 5.32 Å². The van der Waals surface area contributed by atoms with Crippen LogP contribution in [0.3, 0.4) is 0 Å². The molecule has 1 fully saturated rings. The van der Waals surface area contributed by atoms with Crippen LogP contribution in [0.4, 0.5) is 11.6 Å². The molecule has 0 spiro atoms. The number of hydrogen-bond donors (Lipinski definition) is 2. The molecule has 0 amide bonds. The van der Waals surface area contributed by atoms with E-state index in [4.69, 9.17) is 4.98 Å². The highest BCUT2D eigenvalue weighted by molar-refractivity contribution is 5.79. The second-order valence-corrected chi connectivity index (χ2v) is 9.87. The van der Waals surface area contributed by atoms with E-state index in [-0.39, 0.29) is 0 Å². The Labute approximate surface area is 205 Å². The van der Waals surface area contributed by atoms with E-state index >= 15 is 0 Å². The van der Waals surface area contributed by atoms with Gasteiger partial charge in [-0.15, -0.1) is 0 Å². The van der Waals surface area contributed by atoms with Gasteiger partial charge in [0.15, 0.2) is 0 Å². The van der Waals surface area contributed by atoms with E-state index in [0.717, 1.165) is 72.7 Å². The zero-order chi connectivity index (χ0) is 23.9. The molecule has 0 bridgehead atoms. The molecule has 1 saturated heterocycles. The van der Waals surface area contributed by atoms with Gasteiger partial charge in [0.05, 0.1) is 23.1 Å². The molecule has 7 heteroatoms. The molecule has 0 unspecified atom stereocenters. The molecule has 2 aromatic carbocycles. The van der Waals surface area contributed by atoms with Gasteiger partial charge in [0.1, 0.15) is 0 Å². The van der Waals surface area contributed by atoms with E-state index < -0.39 is 0 Å². The summed E-state index contributed by atoms with van der Waals surface area (Å²) in [5.41, 5.74) is 10.2. The van der Waals surface area contributed by atoms with E-state index in [1.54, 1.807) is 6.33 Å². The fourth-order valence-electron chi connectivity index (χ4n) is 5.47. The number of rotatable bonds is 5. The lowest BCUT2D eigenvalue weighted by Crippen LogP contribution is -2.42. The first-order chi connectivity index (χ1) is 17.0. The number of aryl methyl sites for hydroxylation is 2. The lowest BCUT2D eigenvalue weighted by molar-refractivity contribution is 0.131. The summed E-state index contributed by atoms with van der Waals surface area (Å²) in [6.07, 6.45) is 5.99. The lowest BCUT2D eigenvalue weighted by Gasteiger charge is -2.38. The lowest BCUT2D eigenvalue weighted by atomic mass is 10.0. The van der Waals surface area contributed by atoms with Crippen molar-refractivity contribution in [3.63, 3.8) is 0 Å². The van der Waals surface area contributed by atoms with Gasteiger partial charge >= 0.3 is 0 Å². The maximum atomic E-state index is 4.86. The Morgan fingerprint density at radius 2 is 1.83 bits per heavy atom. The van der Waals surface area contributed by atoms with Crippen LogP contribution in [0.2, 0.25) is 0 Å². The third-order valence-corrected chi connectivity index (χ3v) is 7.27. The number of hydrogen-bond acceptors (Lipinski definition) is 6. The zero-order valence-electron chi connectivity index (χ0n) is 20.4. The summed E-state index contributed by atoms with van der Waals surface area (Å²) < 4.78 is 0. The quantitative estimate of drug-likeness (QED) is 0.424. The average Bonchev–Trinajstić information content (AvgIpc) is 3.49. The highest BCUT2D eigenvalue weighted by atomic mass is 15.2. The second-order valence-electron chi connectivity index (χ2n) is 9.87. The van der Waals surface area contributed by atoms with E-state index in [1.165, 1.54) is 16.7 Å². The molecular weight excluding hydrogens is 434 g/mol. The predicted molar refractivity (Wildman–Crippen MR) is 140 cm³/mol. The van der Waals surface area contributed by atoms with Crippen LogP contribution in [0.25, 0.3) is 16.7 Å². The Balaban J connectivity index is 1.08. The number of H-pyrrole nitrogens is 1. The van der Waals surface area contributed by atoms with Crippen LogP contribution in [0.15, 0.2) is 55.5 Å². The normalized spacial score (nSPS) is 16.6. The van der Waals surface area contributed by atoms with Crippen LogP contribution in [0, 0.1) is 13.8 Å². The first-order valence-corrected chi connectivity index (χ1v) is 12.3. The summed E-state index contributed by atoms with van der Waals surface area (Å²) in [4.78, 5) is 22.0. The summed E-state index contributed by atoms with van der Waals surface area (Å²) in [6.45, 7) is 12.5. The van der Waals surface area contributed by atoms with E-state index in [2.05, 4.69) is 86.9 Å². The molecule has 0 aliphatic carbocycles. The maximum Gasteiger partial charge on any atom is 0.227 e. The molecular formula is C28H31N7. The predicted octanol–water partition coefficient (Wildman–Crippen LogP) is 5.16. The van der Waals surface area contributed by atoms with Crippen molar-refractivity contribution in [1.29, 1.82) is 0 Å². The van der Waals surface area contributed by atoms with Gasteiger partial charge in [-0.25, -0.2) is 15.0 Å². The van der Waals surface area contributed by atoms with Gasteiger partial charge < -0.3 is 15.2 Å². The molecule has 2 N–H and O–H groups in total. The number of aromatic nitrogens is 4. The summed E-state index contributed by atoms with van der Waals surface area (Å²) in [5.74, 6) is 0.677. The zero-order valence-corrected chi connectivity index (χ0v) is 20.4. The molecule has 35 heavy (non-hydrogen) atoms. The number of aromatic amines is 1. The summed E-state index contributed by atoms with van der Waals surface area (Å²) >= 11 is 0. The molecule has 0 saturated carbocycles. The monoisotopic (exact) mass is 465 g/mol. The van der Waals surface area contributed by atoms with Gasteiger partial charge in [-0.1, -0.05) is 18.7 Å². The Hall–Kier alpha value is -3.71. The molecule has 4 aromatic rings. The maximum absolute atomic E-state index is 4.86. The molecule has 2 aliphatic rings. The minimum atomic E-state index is 0.555. The molecule has 2 aliphatic heterocycles. The summed E-state index contributed by atoms with van der Waals surface area (Å²) in [6, 6.07) is 13.3. The van der Waals surface area contributed by atoms with Gasteiger partial charge in [-0.05, 0) is 67.6 Å². The van der Waals surface area contributed by atoms with E-state index in [0.29, 0.717) is 12.0 Å². The highest BCUT2D eigenvalue weighted by Gasteiger charge is 2.30. The van der Waals surface area contributed by atoms with Crippen LogP contribution in [-0.2, 0) is 13.1 Å². The van der Waals surface area contributed by atoms with Crippen molar-refractivity contribution in [2.45, 2.75) is 45.8 Å². The number of benzene rings is 2. The molecule has 7 nitrogen and oxygen atoms in total. The molecule has 2 aromatic heterocycles. The number of nitrogens with zero attached hydrogens (tertiary/aromatic N) is 5. The van der Waals surface area contributed by atoms with Crippen molar-refractivity contribution in [2.24, 2.45) is 0 Å². The van der Waals surface area contributed by atoms with Crippen molar-refractivity contribution < 1.29 is 0 Å². The number of fused-ring (bicyclic) bond motifs is 2. The Kier molecular flexibility index (Phi) is 5.49.